The highest BCUT2D eigenvalue weighted by molar-refractivity contribution is 8.00. The van der Waals surface area contributed by atoms with Crippen LogP contribution in [0.25, 0.3) is 0 Å². The van der Waals surface area contributed by atoms with Crippen molar-refractivity contribution in [3.05, 3.63) is 30.3 Å². The van der Waals surface area contributed by atoms with Gasteiger partial charge in [-0.05, 0) is 35.4 Å². The van der Waals surface area contributed by atoms with Gasteiger partial charge in [-0.15, -0.1) is 5.10 Å². The van der Waals surface area contributed by atoms with E-state index in [4.69, 9.17) is 0 Å². The number of sulfone groups is 1. The number of nitrogens with zero attached hydrogens (tertiary/aromatic N) is 4. The summed E-state index contributed by atoms with van der Waals surface area (Å²) in [6.45, 7) is 0. The zero-order valence-electron chi connectivity index (χ0n) is 12.8. The Hall–Kier alpha value is -1.41. The molecule has 0 radical (unpaired) electrons. The van der Waals surface area contributed by atoms with E-state index in [9.17, 15) is 8.42 Å². The molecular weight excluding hydrogens is 332 g/mol. The minimum atomic E-state index is -3.25. The maximum atomic E-state index is 12.3. The van der Waals surface area contributed by atoms with Crippen molar-refractivity contribution >= 4 is 21.6 Å². The Labute approximate surface area is 140 Å². The Morgan fingerprint density at radius 3 is 2.61 bits per heavy atom. The van der Waals surface area contributed by atoms with E-state index in [1.165, 1.54) is 31.0 Å². The van der Waals surface area contributed by atoms with Gasteiger partial charge < -0.3 is 0 Å². The summed E-state index contributed by atoms with van der Waals surface area (Å²) in [7, 11) is -3.25. The summed E-state index contributed by atoms with van der Waals surface area (Å²) < 4.78 is 26.4. The summed E-state index contributed by atoms with van der Waals surface area (Å²) in [6.07, 6.45) is 5.88. The summed E-state index contributed by atoms with van der Waals surface area (Å²) in [5, 5.41) is 12.6. The fourth-order valence-corrected chi connectivity index (χ4v) is 5.44. The van der Waals surface area contributed by atoms with Crippen LogP contribution in [0.2, 0.25) is 0 Å². The molecule has 1 fully saturated rings. The minimum Gasteiger partial charge on any atom is -0.224 e. The minimum absolute atomic E-state index is 0.0825. The van der Waals surface area contributed by atoms with Crippen LogP contribution < -0.4 is 0 Å². The second-order valence-corrected chi connectivity index (χ2v) is 8.85. The SMILES string of the molecule is O=S(=O)(CCSc1nnnn1C1CCCCC1)c1ccccc1. The molecule has 23 heavy (non-hydrogen) atoms. The van der Waals surface area contributed by atoms with E-state index >= 15 is 0 Å². The molecular formula is C15H20N4O2S2. The summed E-state index contributed by atoms with van der Waals surface area (Å²) in [4.78, 5) is 0.368. The van der Waals surface area contributed by atoms with Crippen LogP contribution in [-0.2, 0) is 9.84 Å². The monoisotopic (exact) mass is 352 g/mol. The second kappa shape index (κ2) is 7.44. The number of hydrogen-bond donors (Lipinski definition) is 0. The Bertz CT molecular complexity index is 725. The molecule has 0 N–H and O–H groups in total. The van der Waals surface area contributed by atoms with Crippen molar-refractivity contribution in [1.29, 1.82) is 0 Å². The standard InChI is InChI=1S/C15H20N4O2S2/c20-23(21,14-9-5-2-6-10-14)12-11-22-15-16-17-18-19(15)13-7-3-1-4-8-13/h2,5-6,9-10,13H,1,3-4,7-8,11-12H2. The fraction of sp³-hybridized carbons (Fsp3) is 0.533. The first-order valence-corrected chi connectivity index (χ1v) is 10.5. The van der Waals surface area contributed by atoms with Gasteiger partial charge in [0.1, 0.15) is 0 Å². The molecule has 1 heterocycles. The smallest absolute Gasteiger partial charge is 0.209 e. The van der Waals surface area contributed by atoms with E-state index in [0.717, 1.165) is 18.0 Å². The van der Waals surface area contributed by atoms with Crippen molar-refractivity contribution in [3.63, 3.8) is 0 Å². The molecule has 0 amide bonds. The Morgan fingerprint density at radius 1 is 1.13 bits per heavy atom. The highest BCUT2D eigenvalue weighted by atomic mass is 32.2. The van der Waals surface area contributed by atoms with Crippen molar-refractivity contribution in [2.75, 3.05) is 11.5 Å². The number of thioether (sulfide) groups is 1. The normalized spacial score (nSPS) is 16.5. The highest BCUT2D eigenvalue weighted by Gasteiger charge is 2.21. The average molecular weight is 352 g/mol. The summed E-state index contributed by atoms with van der Waals surface area (Å²) in [5.74, 6) is 0.531. The Balaban J connectivity index is 1.60. The van der Waals surface area contributed by atoms with Crippen LogP contribution in [0.4, 0.5) is 0 Å². The van der Waals surface area contributed by atoms with Gasteiger partial charge in [-0.3, -0.25) is 0 Å². The van der Waals surface area contributed by atoms with Crippen LogP contribution in [0, 0.1) is 0 Å². The molecule has 1 aromatic heterocycles. The summed E-state index contributed by atoms with van der Waals surface area (Å²) in [5.41, 5.74) is 0. The third-order valence-corrected chi connectivity index (χ3v) is 6.99. The summed E-state index contributed by atoms with van der Waals surface area (Å²) in [6, 6.07) is 8.91. The van der Waals surface area contributed by atoms with Gasteiger partial charge in [0.05, 0.1) is 16.7 Å². The lowest BCUT2D eigenvalue weighted by Crippen LogP contribution is -2.16. The van der Waals surface area contributed by atoms with Crippen LogP contribution in [0.15, 0.2) is 40.4 Å². The lowest BCUT2D eigenvalue weighted by molar-refractivity contribution is 0.307. The Kier molecular flexibility index (Phi) is 5.32. The predicted molar refractivity (Wildman–Crippen MR) is 89.2 cm³/mol. The molecule has 8 heteroatoms. The summed E-state index contributed by atoms with van der Waals surface area (Å²) >= 11 is 1.42. The van der Waals surface area contributed by atoms with Crippen molar-refractivity contribution in [1.82, 2.24) is 20.2 Å². The van der Waals surface area contributed by atoms with E-state index in [2.05, 4.69) is 15.5 Å². The topological polar surface area (TPSA) is 77.7 Å². The van der Waals surface area contributed by atoms with E-state index in [1.54, 1.807) is 24.3 Å². The molecule has 0 bridgehead atoms. The van der Waals surface area contributed by atoms with Gasteiger partial charge in [0.25, 0.3) is 0 Å². The molecule has 1 aliphatic carbocycles. The lowest BCUT2D eigenvalue weighted by Gasteiger charge is -2.21. The molecule has 2 aromatic rings. The molecule has 3 rings (SSSR count). The van der Waals surface area contributed by atoms with Crippen molar-refractivity contribution in [2.24, 2.45) is 0 Å². The lowest BCUT2D eigenvalue weighted by atomic mass is 9.96. The largest absolute Gasteiger partial charge is 0.224 e. The van der Waals surface area contributed by atoms with Gasteiger partial charge in [0, 0.05) is 5.75 Å². The van der Waals surface area contributed by atoms with Gasteiger partial charge in [-0.2, -0.15) is 0 Å². The zero-order valence-corrected chi connectivity index (χ0v) is 14.5. The second-order valence-electron chi connectivity index (χ2n) is 5.68. The van der Waals surface area contributed by atoms with Crippen LogP contribution in [0.1, 0.15) is 38.1 Å². The number of tetrazole rings is 1. The zero-order chi connectivity index (χ0) is 16.1. The van der Waals surface area contributed by atoms with Crippen molar-refractivity contribution in [2.45, 2.75) is 48.2 Å². The maximum Gasteiger partial charge on any atom is 0.209 e. The average Bonchev–Trinajstić information content (AvgIpc) is 3.05. The molecule has 0 atom stereocenters. The van der Waals surface area contributed by atoms with Crippen molar-refractivity contribution in [3.8, 4) is 0 Å². The van der Waals surface area contributed by atoms with E-state index in [0.29, 0.717) is 16.7 Å². The fourth-order valence-electron chi connectivity index (χ4n) is 2.82. The van der Waals surface area contributed by atoms with Crippen LogP contribution in [0.3, 0.4) is 0 Å². The molecule has 124 valence electrons. The number of benzene rings is 1. The van der Waals surface area contributed by atoms with Gasteiger partial charge in [0.2, 0.25) is 5.16 Å². The molecule has 6 nitrogen and oxygen atoms in total. The van der Waals surface area contributed by atoms with E-state index in [-0.39, 0.29) is 5.75 Å². The van der Waals surface area contributed by atoms with Crippen LogP contribution in [0.5, 0.6) is 0 Å². The third kappa shape index (κ3) is 4.11. The number of hydrogen-bond acceptors (Lipinski definition) is 6. The molecule has 0 aliphatic heterocycles. The first-order chi connectivity index (χ1) is 11.2. The quantitative estimate of drug-likeness (QED) is 0.744. The third-order valence-electron chi connectivity index (χ3n) is 4.07. The van der Waals surface area contributed by atoms with E-state index < -0.39 is 9.84 Å². The number of aromatic nitrogens is 4. The van der Waals surface area contributed by atoms with Gasteiger partial charge in [0.15, 0.2) is 9.84 Å². The Morgan fingerprint density at radius 2 is 1.87 bits per heavy atom. The van der Waals surface area contributed by atoms with E-state index in [1.807, 2.05) is 10.7 Å². The molecule has 1 aromatic carbocycles. The van der Waals surface area contributed by atoms with Gasteiger partial charge in [-0.25, -0.2) is 13.1 Å². The van der Waals surface area contributed by atoms with Crippen molar-refractivity contribution < 1.29 is 8.42 Å². The molecule has 0 unspecified atom stereocenters. The molecule has 1 aliphatic rings. The predicted octanol–water partition coefficient (Wildman–Crippen LogP) is 2.74. The first-order valence-electron chi connectivity index (χ1n) is 7.85. The first kappa shape index (κ1) is 16.4. The number of rotatable bonds is 6. The van der Waals surface area contributed by atoms with Gasteiger partial charge >= 0.3 is 0 Å². The van der Waals surface area contributed by atoms with Crippen LogP contribution in [-0.4, -0.2) is 40.1 Å². The maximum absolute atomic E-state index is 12.3. The molecule has 0 spiro atoms. The van der Waals surface area contributed by atoms with Gasteiger partial charge in [-0.1, -0.05) is 49.2 Å². The molecule has 1 saturated carbocycles. The highest BCUT2D eigenvalue weighted by Crippen LogP contribution is 2.30. The molecule has 0 saturated heterocycles. The van der Waals surface area contributed by atoms with Crippen LogP contribution >= 0.6 is 11.8 Å².